The maximum absolute atomic E-state index is 14.7. The standard InChI is InChI=1S/C22H19F2N7/c1-14-7-17(4-6-26-14)20-18(23)8-16(11-27-20)12-29-22-19(24)21(30-13-31-22)28-10-15-3-2-5-25-9-15/h2-9,11,13H,10,12H2,1H3,(H2,28,29,30,31). The fourth-order valence-corrected chi connectivity index (χ4v) is 2.97. The molecule has 0 radical (unpaired) electrons. The first-order valence-corrected chi connectivity index (χ1v) is 9.55. The summed E-state index contributed by atoms with van der Waals surface area (Å²) >= 11 is 0. The first-order chi connectivity index (χ1) is 15.1. The lowest BCUT2D eigenvalue weighted by Gasteiger charge is -2.11. The fraction of sp³-hybridized carbons (Fsp3) is 0.136. The second kappa shape index (κ2) is 9.21. The molecule has 0 aliphatic rings. The van der Waals surface area contributed by atoms with Crippen molar-refractivity contribution in [2.24, 2.45) is 0 Å². The number of pyridine rings is 3. The summed E-state index contributed by atoms with van der Waals surface area (Å²) in [4.78, 5) is 20.2. The Hall–Kier alpha value is -4.01. The maximum atomic E-state index is 14.7. The van der Waals surface area contributed by atoms with E-state index in [2.05, 4.69) is 35.6 Å². The van der Waals surface area contributed by atoms with Gasteiger partial charge in [-0.3, -0.25) is 15.0 Å². The van der Waals surface area contributed by atoms with Crippen LogP contribution in [0.1, 0.15) is 16.8 Å². The predicted octanol–water partition coefficient (Wildman–Crippen LogP) is 4.14. The van der Waals surface area contributed by atoms with Crippen LogP contribution in [0.2, 0.25) is 0 Å². The van der Waals surface area contributed by atoms with Crippen LogP contribution >= 0.6 is 0 Å². The van der Waals surface area contributed by atoms with Gasteiger partial charge in [0.15, 0.2) is 11.6 Å². The SMILES string of the molecule is Cc1cc(-c2ncc(CNc3ncnc(NCc4cccnc4)c3F)cc2F)ccn1. The van der Waals surface area contributed by atoms with Crippen LogP contribution in [-0.4, -0.2) is 24.9 Å². The van der Waals surface area contributed by atoms with Gasteiger partial charge in [0.2, 0.25) is 5.82 Å². The monoisotopic (exact) mass is 419 g/mol. The number of hydrogen-bond acceptors (Lipinski definition) is 7. The number of nitrogens with one attached hydrogen (secondary N) is 2. The fourth-order valence-electron chi connectivity index (χ4n) is 2.97. The first kappa shape index (κ1) is 20.3. The van der Waals surface area contributed by atoms with Gasteiger partial charge in [-0.15, -0.1) is 0 Å². The molecule has 0 saturated carbocycles. The van der Waals surface area contributed by atoms with Crippen molar-refractivity contribution in [1.29, 1.82) is 0 Å². The molecule has 0 amide bonds. The number of rotatable bonds is 7. The maximum Gasteiger partial charge on any atom is 0.207 e. The zero-order valence-corrected chi connectivity index (χ0v) is 16.7. The van der Waals surface area contributed by atoms with Crippen LogP contribution in [0, 0.1) is 18.6 Å². The van der Waals surface area contributed by atoms with Crippen LogP contribution in [0.4, 0.5) is 20.4 Å². The van der Waals surface area contributed by atoms with E-state index < -0.39 is 11.6 Å². The van der Waals surface area contributed by atoms with Crippen molar-refractivity contribution < 1.29 is 8.78 Å². The van der Waals surface area contributed by atoms with Crippen molar-refractivity contribution in [3.05, 3.63) is 89.9 Å². The van der Waals surface area contributed by atoms with E-state index in [0.717, 1.165) is 11.3 Å². The molecule has 0 aliphatic heterocycles. The predicted molar refractivity (Wildman–Crippen MR) is 113 cm³/mol. The molecule has 4 aromatic rings. The number of aromatic nitrogens is 5. The van der Waals surface area contributed by atoms with E-state index in [0.29, 0.717) is 17.7 Å². The Morgan fingerprint density at radius 3 is 2.29 bits per heavy atom. The van der Waals surface area contributed by atoms with Gasteiger partial charge in [0.1, 0.15) is 17.8 Å². The zero-order chi connectivity index (χ0) is 21.6. The molecule has 0 fully saturated rings. The Balaban J connectivity index is 1.44. The summed E-state index contributed by atoms with van der Waals surface area (Å²) in [7, 11) is 0. The molecule has 0 aromatic carbocycles. The molecule has 0 unspecified atom stereocenters. The largest absolute Gasteiger partial charge is 0.363 e. The molecule has 4 rings (SSSR count). The van der Waals surface area contributed by atoms with Crippen molar-refractivity contribution in [2.45, 2.75) is 20.0 Å². The minimum atomic E-state index is -0.622. The summed E-state index contributed by atoms with van der Waals surface area (Å²) in [6.45, 7) is 2.34. The molecule has 31 heavy (non-hydrogen) atoms. The third-order valence-corrected chi connectivity index (χ3v) is 4.50. The third kappa shape index (κ3) is 4.95. The van der Waals surface area contributed by atoms with Crippen LogP contribution in [0.25, 0.3) is 11.3 Å². The van der Waals surface area contributed by atoms with E-state index in [-0.39, 0.29) is 23.9 Å². The van der Waals surface area contributed by atoms with Crippen LogP contribution in [0.5, 0.6) is 0 Å². The normalized spacial score (nSPS) is 10.7. The highest BCUT2D eigenvalue weighted by molar-refractivity contribution is 5.60. The van der Waals surface area contributed by atoms with Crippen LogP contribution in [0.3, 0.4) is 0 Å². The van der Waals surface area contributed by atoms with E-state index in [1.165, 1.54) is 12.4 Å². The van der Waals surface area contributed by atoms with E-state index in [9.17, 15) is 8.78 Å². The van der Waals surface area contributed by atoms with Gasteiger partial charge in [-0.1, -0.05) is 6.07 Å². The van der Waals surface area contributed by atoms with Crippen molar-refractivity contribution in [2.75, 3.05) is 10.6 Å². The van der Waals surface area contributed by atoms with Gasteiger partial charge in [0.05, 0.1) is 0 Å². The Kier molecular flexibility index (Phi) is 6.02. The number of anilines is 2. The average molecular weight is 419 g/mol. The molecular weight excluding hydrogens is 400 g/mol. The molecule has 0 aliphatic carbocycles. The van der Waals surface area contributed by atoms with Crippen molar-refractivity contribution in [3.63, 3.8) is 0 Å². The lowest BCUT2D eigenvalue weighted by Crippen LogP contribution is -2.09. The Bertz CT molecular complexity index is 1190. The van der Waals surface area contributed by atoms with Gasteiger partial charge in [-0.2, -0.15) is 4.39 Å². The summed E-state index contributed by atoms with van der Waals surface area (Å²) in [5.74, 6) is -1.01. The molecule has 0 atom stereocenters. The molecular formula is C22H19F2N7. The lowest BCUT2D eigenvalue weighted by atomic mass is 10.1. The van der Waals surface area contributed by atoms with E-state index >= 15 is 0 Å². The average Bonchev–Trinajstić information content (AvgIpc) is 2.78. The van der Waals surface area contributed by atoms with Gasteiger partial charge in [0, 0.05) is 49.1 Å². The van der Waals surface area contributed by atoms with Crippen molar-refractivity contribution in [3.8, 4) is 11.3 Å². The highest BCUT2D eigenvalue weighted by atomic mass is 19.1. The molecule has 0 spiro atoms. The zero-order valence-electron chi connectivity index (χ0n) is 16.7. The van der Waals surface area contributed by atoms with E-state index in [1.54, 1.807) is 43.0 Å². The first-order valence-electron chi connectivity index (χ1n) is 9.55. The van der Waals surface area contributed by atoms with E-state index in [1.807, 2.05) is 13.0 Å². The molecule has 156 valence electrons. The lowest BCUT2D eigenvalue weighted by molar-refractivity contribution is 0.618. The molecule has 7 nitrogen and oxygen atoms in total. The summed E-state index contributed by atoms with van der Waals surface area (Å²) in [5.41, 5.74) is 3.10. The molecule has 2 N–H and O–H groups in total. The number of hydrogen-bond donors (Lipinski definition) is 2. The third-order valence-electron chi connectivity index (χ3n) is 4.50. The quantitative estimate of drug-likeness (QED) is 0.465. The number of halogens is 2. The highest BCUT2D eigenvalue weighted by Gasteiger charge is 2.12. The minimum Gasteiger partial charge on any atom is -0.363 e. The summed E-state index contributed by atoms with van der Waals surface area (Å²) in [6.07, 6.45) is 7.76. The summed E-state index contributed by atoms with van der Waals surface area (Å²) in [5, 5.41) is 5.79. The van der Waals surface area contributed by atoms with Gasteiger partial charge in [-0.25, -0.2) is 14.4 Å². The second-order valence-electron chi connectivity index (χ2n) is 6.81. The summed E-state index contributed by atoms with van der Waals surface area (Å²) in [6, 6.07) is 8.50. The van der Waals surface area contributed by atoms with Gasteiger partial charge in [-0.05, 0) is 42.3 Å². The molecule has 0 bridgehead atoms. The molecule has 0 saturated heterocycles. The Morgan fingerprint density at radius 1 is 0.839 bits per heavy atom. The smallest absolute Gasteiger partial charge is 0.207 e. The van der Waals surface area contributed by atoms with Gasteiger partial charge in [0.25, 0.3) is 0 Å². The summed E-state index contributed by atoms with van der Waals surface area (Å²) < 4.78 is 29.3. The highest BCUT2D eigenvalue weighted by Crippen LogP contribution is 2.22. The van der Waals surface area contributed by atoms with Gasteiger partial charge < -0.3 is 10.6 Å². The van der Waals surface area contributed by atoms with Crippen molar-refractivity contribution >= 4 is 11.6 Å². The van der Waals surface area contributed by atoms with Crippen molar-refractivity contribution in [1.82, 2.24) is 24.9 Å². The van der Waals surface area contributed by atoms with Crippen LogP contribution in [0.15, 0.2) is 61.4 Å². The van der Waals surface area contributed by atoms with Crippen LogP contribution in [-0.2, 0) is 13.1 Å². The van der Waals surface area contributed by atoms with E-state index in [4.69, 9.17) is 0 Å². The minimum absolute atomic E-state index is 0.0120. The Labute approximate surface area is 177 Å². The second-order valence-corrected chi connectivity index (χ2v) is 6.81. The Morgan fingerprint density at radius 2 is 1.61 bits per heavy atom. The molecule has 4 heterocycles. The topological polar surface area (TPSA) is 88.5 Å². The number of nitrogens with zero attached hydrogens (tertiary/aromatic N) is 5. The number of aryl methyl sites for hydroxylation is 1. The van der Waals surface area contributed by atoms with Crippen LogP contribution < -0.4 is 10.6 Å². The van der Waals surface area contributed by atoms with Gasteiger partial charge >= 0.3 is 0 Å². The molecule has 4 aromatic heterocycles. The molecule has 9 heteroatoms.